The van der Waals surface area contributed by atoms with E-state index in [1.807, 2.05) is 49.3 Å². The number of rotatable bonds is 6. The molecule has 0 aliphatic carbocycles. The van der Waals surface area contributed by atoms with E-state index in [1.165, 1.54) is 6.07 Å². The topological polar surface area (TPSA) is 52.6 Å². The largest absolute Gasteiger partial charge is 0.363 e. The normalized spacial score (nSPS) is 11.6. The number of benzene rings is 2. The minimum atomic E-state index is -0.440. The van der Waals surface area contributed by atoms with Crippen LogP contribution >= 0.6 is 0 Å². The molecule has 7 heteroatoms. The zero-order valence-electron chi connectivity index (χ0n) is 16.8. The molecule has 0 saturated heterocycles. The summed E-state index contributed by atoms with van der Waals surface area (Å²) in [5.41, 5.74) is 2.36. The number of nitrogens with zero attached hydrogens (tertiary/aromatic N) is 3. The summed E-state index contributed by atoms with van der Waals surface area (Å²) in [6.45, 7) is 0.984. The number of aromatic nitrogens is 1. The number of hydrogen-bond donors (Lipinski definition) is 2. The predicted molar refractivity (Wildman–Crippen MR) is 114 cm³/mol. The standard InChI is InChI=1S/C22H25F2N5/c1-25-22(26-11-10-15-12-17(23)8-9-19(15)24)27-14-16-13-21(29(2)3)28-20-7-5-4-6-18(16)20/h4-9,12-13H,10-11,14H2,1-3H3,(H2,25,26,27). The van der Waals surface area contributed by atoms with E-state index in [9.17, 15) is 8.78 Å². The fourth-order valence-electron chi connectivity index (χ4n) is 3.06. The maximum absolute atomic E-state index is 13.7. The van der Waals surface area contributed by atoms with E-state index in [4.69, 9.17) is 0 Å². The number of pyridine rings is 1. The van der Waals surface area contributed by atoms with E-state index in [0.717, 1.165) is 34.4 Å². The van der Waals surface area contributed by atoms with Crippen LogP contribution in [0.2, 0.25) is 0 Å². The molecule has 29 heavy (non-hydrogen) atoms. The Hall–Kier alpha value is -3.22. The lowest BCUT2D eigenvalue weighted by atomic mass is 10.1. The van der Waals surface area contributed by atoms with Crippen molar-refractivity contribution in [2.45, 2.75) is 13.0 Å². The van der Waals surface area contributed by atoms with Crippen LogP contribution in [0.1, 0.15) is 11.1 Å². The molecule has 152 valence electrons. The maximum atomic E-state index is 13.7. The Morgan fingerprint density at radius 1 is 1.03 bits per heavy atom. The van der Waals surface area contributed by atoms with Crippen LogP contribution in [0.25, 0.3) is 10.9 Å². The van der Waals surface area contributed by atoms with Gasteiger partial charge in [-0.15, -0.1) is 0 Å². The number of para-hydroxylation sites is 1. The quantitative estimate of drug-likeness (QED) is 0.494. The van der Waals surface area contributed by atoms with E-state index < -0.39 is 11.6 Å². The van der Waals surface area contributed by atoms with Crippen molar-refractivity contribution in [1.29, 1.82) is 0 Å². The predicted octanol–water partition coefficient (Wildman–Crippen LogP) is 3.49. The molecule has 0 unspecified atom stereocenters. The molecule has 3 rings (SSSR count). The van der Waals surface area contributed by atoms with Crippen LogP contribution in [0.5, 0.6) is 0 Å². The van der Waals surface area contributed by atoms with E-state index >= 15 is 0 Å². The van der Waals surface area contributed by atoms with Crippen molar-refractivity contribution in [3.8, 4) is 0 Å². The molecule has 5 nitrogen and oxygen atoms in total. The molecule has 0 aliphatic heterocycles. The Morgan fingerprint density at radius 3 is 2.59 bits per heavy atom. The second-order valence-corrected chi connectivity index (χ2v) is 6.89. The molecule has 0 atom stereocenters. The molecular weight excluding hydrogens is 372 g/mol. The molecule has 0 amide bonds. The number of halogens is 2. The molecule has 0 radical (unpaired) electrons. The zero-order valence-corrected chi connectivity index (χ0v) is 16.8. The lowest BCUT2D eigenvalue weighted by Crippen LogP contribution is -2.38. The second kappa shape index (κ2) is 9.32. The minimum absolute atomic E-state index is 0.337. The lowest BCUT2D eigenvalue weighted by Gasteiger charge is -2.17. The van der Waals surface area contributed by atoms with Gasteiger partial charge in [0.25, 0.3) is 0 Å². The van der Waals surface area contributed by atoms with Crippen molar-refractivity contribution < 1.29 is 8.78 Å². The monoisotopic (exact) mass is 397 g/mol. The molecule has 0 aliphatic rings. The van der Waals surface area contributed by atoms with Crippen molar-refractivity contribution in [1.82, 2.24) is 15.6 Å². The third-order valence-electron chi connectivity index (χ3n) is 4.61. The molecular formula is C22H25F2N5. The van der Waals surface area contributed by atoms with Crippen LogP contribution in [-0.2, 0) is 13.0 Å². The maximum Gasteiger partial charge on any atom is 0.191 e. The number of guanidine groups is 1. The highest BCUT2D eigenvalue weighted by Gasteiger charge is 2.09. The molecule has 0 spiro atoms. The van der Waals surface area contributed by atoms with E-state index in [0.29, 0.717) is 31.0 Å². The Bertz CT molecular complexity index is 1020. The first-order chi connectivity index (χ1) is 14.0. The second-order valence-electron chi connectivity index (χ2n) is 6.89. The molecule has 1 aromatic heterocycles. The smallest absolute Gasteiger partial charge is 0.191 e. The third kappa shape index (κ3) is 5.19. The van der Waals surface area contributed by atoms with Gasteiger partial charge >= 0.3 is 0 Å². The minimum Gasteiger partial charge on any atom is -0.363 e. The van der Waals surface area contributed by atoms with Gasteiger partial charge < -0.3 is 15.5 Å². The summed E-state index contributed by atoms with van der Waals surface area (Å²) < 4.78 is 27.0. The Morgan fingerprint density at radius 2 is 1.83 bits per heavy atom. The highest BCUT2D eigenvalue weighted by atomic mass is 19.1. The van der Waals surface area contributed by atoms with Gasteiger partial charge in [-0.3, -0.25) is 4.99 Å². The van der Waals surface area contributed by atoms with Crippen LogP contribution in [-0.4, -0.2) is 38.6 Å². The van der Waals surface area contributed by atoms with Crippen LogP contribution in [0.4, 0.5) is 14.6 Å². The highest BCUT2D eigenvalue weighted by molar-refractivity contribution is 5.85. The van der Waals surface area contributed by atoms with Gasteiger partial charge in [-0.2, -0.15) is 0 Å². The summed E-state index contributed by atoms with van der Waals surface area (Å²) in [6.07, 6.45) is 0.354. The first-order valence-corrected chi connectivity index (χ1v) is 9.42. The van der Waals surface area contributed by atoms with Gasteiger partial charge in [-0.25, -0.2) is 13.8 Å². The molecule has 0 fully saturated rings. The molecule has 0 saturated carbocycles. The molecule has 2 N–H and O–H groups in total. The molecule has 0 bridgehead atoms. The Kier molecular flexibility index (Phi) is 6.59. The summed E-state index contributed by atoms with van der Waals surface area (Å²) in [4.78, 5) is 10.8. The number of anilines is 1. The highest BCUT2D eigenvalue weighted by Crippen LogP contribution is 2.22. The Balaban J connectivity index is 1.66. The van der Waals surface area contributed by atoms with Gasteiger partial charge in [0.15, 0.2) is 5.96 Å². The summed E-state index contributed by atoms with van der Waals surface area (Å²) in [7, 11) is 5.59. The van der Waals surface area contributed by atoms with Gasteiger partial charge in [0.1, 0.15) is 17.5 Å². The molecule has 3 aromatic rings. The van der Waals surface area contributed by atoms with E-state index in [2.05, 4.69) is 20.6 Å². The van der Waals surface area contributed by atoms with Gasteiger partial charge in [0.2, 0.25) is 0 Å². The summed E-state index contributed by atoms with van der Waals surface area (Å²) in [6, 6.07) is 13.5. The zero-order chi connectivity index (χ0) is 20.8. The van der Waals surface area contributed by atoms with Gasteiger partial charge in [-0.1, -0.05) is 18.2 Å². The average Bonchev–Trinajstić information content (AvgIpc) is 2.72. The fourth-order valence-corrected chi connectivity index (χ4v) is 3.06. The summed E-state index contributed by atoms with van der Waals surface area (Å²) in [5, 5.41) is 7.50. The van der Waals surface area contributed by atoms with E-state index in [-0.39, 0.29) is 0 Å². The fraction of sp³-hybridized carbons (Fsp3) is 0.273. The first-order valence-electron chi connectivity index (χ1n) is 9.42. The van der Waals surface area contributed by atoms with Crippen molar-refractivity contribution in [3.05, 3.63) is 71.3 Å². The van der Waals surface area contributed by atoms with Crippen LogP contribution in [0, 0.1) is 11.6 Å². The van der Waals surface area contributed by atoms with Crippen molar-refractivity contribution in [3.63, 3.8) is 0 Å². The molecule has 2 aromatic carbocycles. The number of fused-ring (bicyclic) bond motifs is 1. The number of hydrogen-bond acceptors (Lipinski definition) is 3. The summed E-state index contributed by atoms with van der Waals surface area (Å²) >= 11 is 0. The number of aliphatic imine (C=N–C) groups is 1. The summed E-state index contributed by atoms with van der Waals surface area (Å²) in [5.74, 6) is 0.625. The third-order valence-corrected chi connectivity index (χ3v) is 4.61. The van der Waals surface area contributed by atoms with E-state index in [1.54, 1.807) is 7.05 Å². The number of nitrogens with one attached hydrogen (secondary N) is 2. The van der Waals surface area contributed by atoms with Crippen LogP contribution < -0.4 is 15.5 Å². The van der Waals surface area contributed by atoms with Gasteiger partial charge in [-0.05, 0) is 47.9 Å². The lowest BCUT2D eigenvalue weighted by molar-refractivity contribution is 0.583. The van der Waals surface area contributed by atoms with Crippen molar-refractivity contribution >= 4 is 22.7 Å². The van der Waals surface area contributed by atoms with Crippen molar-refractivity contribution in [2.24, 2.45) is 4.99 Å². The van der Waals surface area contributed by atoms with Crippen LogP contribution in [0.15, 0.2) is 53.5 Å². The SMILES string of the molecule is CN=C(NCCc1cc(F)ccc1F)NCc1cc(N(C)C)nc2ccccc12. The van der Waals surface area contributed by atoms with Crippen LogP contribution in [0.3, 0.4) is 0 Å². The molecule has 1 heterocycles. The van der Waals surface area contributed by atoms with Gasteiger partial charge in [0, 0.05) is 39.6 Å². The van der Waals surface area contributed by atoms with Crippen molar-refractivity contribution in [2.75, 3.05) is 32.6 Å². The first kappa shape index (κ1) is 20.5. The van der Waals surface area contributed by atoms with Gasteiger partial charge in [0.05, 0.1) is 5.52 Å². The average molecular weight is 397 g/mol. The Labute approximate surface area is 169 Å².